The summed E-state index contributed by atoms with van der Waals surface area (Å²) in [4.78, 5) is 16.8. The number of nitrogens with zero attached hydrogens (tertiary/aromatic N) is 3. The SMILES string of the molecule is O=C(CN(c1ccccc1F)S(=O)(=O)c1cccs1)N1CCN(c2cccc(Cl)c2)CC1. The van der Waals surface area contributed by atoms with Gasteiger partial charge in [-0.25, -0.2) is 12.8 Å². The summed E-state index contributed by atoms with van der Waals surface area (Å²) in [6.45, 7) is 1.55. The summed E-state index contributed by atoms with van der Waals surface area (Å²) >= 11 is 7.10. The molecule has 0 saturated carbocycles. The van der Waals surface area contributed by atoms with Crippen LogP contribution in [0.2, 0.25) is 5.02 Å². The summed E-state index contributed by atoms with van der Waals surface area (Å²) in [5.74, 6) is -1.08. The minimum absolute atomic E-state index is 0.0549. The molecule has 0 radical (unpaired) electrons. The third-order valence-corrected chi connectivity index (χ3v) is 8.61. The molecule has 0 aliphatic carbocycles. The molecule has 0 unspecified atom stereocenters. The van der Waals surface area contributed by atoms with E-state index in [9.17, 15) is 17.6 Å². The van der Waals surface area contributed by atoms with E-state index in [4.69, 9.17) is 11.6 Å². The summed E-state index contributed by atoms with van der Waals surface area (Å²) in [5.41, 5.74) is 0.824. The lowest BCUT2D eigenvalue weighted by Gasteiger charge is -2.37. The number of rotatable bonds is 6. The van der Waals surface area contributed by atoms with Gasteiger partial charge in [-0.1, -0.05) is 35.9 Å². The van der Waals surface area contributed by atoms with Gasteiger partial charge in [-0.15, -0.1) is 11.3 Å². The molecule has 1 aromatic heterocycles. The molecule has 1 fully saturated rings. The Morgan fingerprint density at radius 3 is 2.44 bits per heavy atom. The van der Waals surface area contributed by atoms with E-state index < -0.39 is 22.4 Å². The summed E-state index contributed by atoms with van der Waals surface area (Å²) in [6, 6.07) is 16.1. The number of benzene rings is 2. The Morgan fingerprint density at radius 2 is 1.78 bits per heavy atom. The Balaban J connectivity index is 1.52. The standard InChI is InChI=1S/C22H21ClFN3O3S2/c23-17-5-3-6-18(15-17)25-10-12-26(13-11-25)21(28)16-27(20-8-2-1-7-19(20)24)32(29,30)22-9-4-14-31-22/h1-9,14-15H,10-13,16H2. The molecule has 3 aromatic rings. The van der Waals surface area contributed by atoms with E-state index in [-0.39, 0.29) is 15.8 Å². The lowest BCUT2D eigenvalue weighted by Crippen LogP contribution is -2.52. The second kappa shape index (κ2) is 9.48. The number of carbonyl (C=O) groups is 1. The molecule has 2 aromatic carbocycles. The topological polar surface area (TPSA) is 60.9 Å². The number of hydrogen-bond donors (Lipinski definition) is 0. The zero-order chi connectivity index (χ0) is 22.7. The Labute approximate surface area is 195 Å². The molecular formula is C22H21ClFN3O3S2. The monoisotopic (exact) mass is 493 g/mol. The van der Waals surface area contributed by atoms with Crippen molar-refractivity contribution in [2.24, 2.45) is 0 Å². The summed E-state index contributed by atoms with van der Waals surface area (Å²) in [5, 5.41) is 2.27. The molecule has 168 valence electrons. The molecule has 4 rings (SSSR count). The van der Waals surface area contributed by atoms with Crippen LogP contribution in [0.15, 0.2) is 70.3 Å². The molecule has 2 heterocycles. The number of sulfonamides is 1. The van der Waals surface area contributed by atoms with Gasteiger partial charge in [-0.05, 0) is 41.8 Å². The smallest absolute Gasteiger partial charge is 0.274 e. The van der Waals surface area contributed by atoms with Crippen LogP contribution in [0.1, 0.15) is 0 Å². The average molecular weight is 494 g/mol. The van der Waals surface area contributed by atoms with Gasteiger partial charge in [0.15, 0.2) is 0 Å². The molecular weight excluding hydrogens is 473 g/mol. The van der Waals surface area contributed by atoms with Gasteiger partial charge in [0.05, 0.1) is 5.69 Å². The van der Waals surface area contributed by atoms with Gasteiger partial charge < -0.3 is 9.80 Å². The molecule has 1 saturated heterocycles. The van der Waals surface area contributed by atoms with E-state index in [2.05, 4.69) is 4.90 Å². The van der Waals surface area contributed by atoms with Gasteiger partial charge in [-0.2, -0.15) is 0 Å². The van der Waals surface area contributed by atoms with Crippen molar-refractivity contribution in [2.45, 2.75) is 4.21 Å². The second-order valence-electron chi connectivity index (χ2n) is 7.24. The van der Waals surface area contributed by atoms with Gasteiger partial charge in [0, 0.05) is 36.9 Å². The Kier molecular flexibility index (Phi) is 6.68. The van der Waals surface area contributed by atoms with E-state index >= 15 is 0 Å². The fourth-order valence-corrected chi connectivity index (χ4v) is 6.29. The van der Waals surface area contributed by atoms with Gasteiger partial charge in [0.2, 0.25) is 5.91 Å². The first-order valence-corrected chi connectivity index (χ1v) is 12.6. The van der Waals surface area contributed by atoms with Crippen LogP contribution in [0.25, 0.3) is 0 Å². The summed E-state index contributed by atoms with van der Waals surface area (Å²) in [7, 11) is -4.09. The number of thiophene rings is 1. The highest BCUT2D eigenvalue weighted by Gasteiger charge is 2.32. The predicted octanol–water partition coefficient (Wildman–Crippen LogP) is 4.08. The third kappa shape index (κ3) is 4.74. The largest absolute Gasteiger partial charge is 0.368 e. The first kappa shape index (κ1) is 22.6. The maximum absolute atomic E-state index is 14.5. The summed E-state index contributed by atoms with van der Waals surface area (Å²) in [6.07, 6.45) is 0. The zero-order valence-electron chi connectivity index (χ0n) is 17.0. The summed E-state index contributed by atoms with van der Waals surface area (Å²) < 4.78 is 41.9. The van der Waals surface area contributed by atoms with Crippen molar-refractivity contribution in [1.29, 1.82) is 0 Å². The first-order chi connectivity index (χ1) is 15.4. The number of para-hydroxylation sites is 1. The Morgan fingerprint density at radius 1 is 1.03 bits per heavy atom. The van der Waals surface area contributed by atoms with Crippen LogP contribution in [0.5, 0.6) is 0 Å². The minimum Gasteiger partial charge on any atom is -0.368 e. The Hall–Kier alpha value is -2.62. The van der Waals surface area contributed by atoms with Crippen molar-refractivity contribution in [3.05, 3.63) is 76.9 Å². The van der Waals surface area contributed by atoms with Crippen molar-refractivity contribution in [3.63, 3.8) is 0 Å². The molecule has 0 atom stereocenters. The van der Waals surface area contributed by atoms with Crippen molar-refractivity contribution in [1.82, 2.24) is 4.90 Å². The van der Waals surface area contributed by atoms with E-state index in [1.807, 2.05) is 18.2 Å². The van der Waals surface area contributed by atoms with Crippen LogP contribution in [-0.4, -0.2) is 51.9 Å². The van der Waals surface area contributed by atoms with Crippen molar-refractivity contribution in [3.8, 4) is 0 Å². The molecule has 0 spiro atoms. The van der Waals surface area contributed by atoms with Crippen LogP contribution >= 0.6 is 22.9 Å². The number of amides is 1. The molecule has 6 nitrogen and oxygen atoms in total. The quantitative estimate of drug-likeness (QED) is 0.519. The molecule has 1 aliphatic heterocycles. The molecule has 32 heavy (non-hydrogen) atoms. The minimum atomic E-state index is -4.09. The maximum atomic E-state index is 14.5. The van der Waals surface area contributed by atoms with E-state index in [1.54, 1.807) is 28.5 Å². The highest BCUT2D eigenvalue weighted by molar-refractivity contribution is 7.94. The number of anilines is 2. The number of piperazine rings is 1. The average Bonchev–Trinajstić information content (AvgIpc) is 3.34. The number of hydrogen-bond acceptors (Lipinski definition) is 5. The lowest BCUT2D eigenvalue weighted by molar-refractivity contribution is -0.129. The highest BCUT2D eigenvalue weighted by atomic mass is 35.5. The number of carbonyl (C=O) groups excluding carboxylic acids is 1. The lowest BCUT2D eigenvalue weighted by atomic mass is 10.2. The van der Waals surface area contributed by atoms with E-state index in [1.165, 1.54) is 24.3 Å². The molecule has 1 aliphatic rings. The van der Waals surface area contributed by atoms with Crippen LogP contribution in [0, 0.1) is 5.82 Å². The van der Waals surface area contributed by atoms with Crippen LogP contribution in [0.4, 0.5) is 15.8 Å². The predicted molar refractivity (Wildman–Crippen MR) is 125 cm³/mol. The van der Waals surface area contributed by atoms with Gasteiger partial charge in [0.1, 0.15) is 16.6 Å². The van der Waals surface area contributed by atoms with Crippen molar-refractivity contribution in [2.75, 3.05) is 41.9 Å². The van der Waals surface area contributed by atoms with Gasteiger partial charge in [-0.3, -0.25) is 9.10 Å². The van der Waals surface area contributed by atoms with Crippen LogP contribution < -0.4 is 9.21 Å². The molecule has 0 bridgehead atoms. The molecule has 0 N–H and O–H groups in total. The van der Waals surface area contributed by atoms with E-state index in [0.717, 1.165) is 21.3 Å². The van der Waals surface area contributed by atoms with Crippen molar-refractivity contribution < 1.29 is 17.6 Å². The fourth-order valence-electron chi connectivity index (χ4n) is 3.58. The first-order valence-electron chi connectivity index (χ1n) is 9.95. The highest BCUT2D eigenvalue weighted by Crippen LogP contribution is 2.29. The molecule has 10 heteroatoms. The fraction of sp³-hybridized carbons (Fsp3) is 0.227. The van der Waals surface area contributed by atoms with Crippen molar-refractivity contribution >= 4 is 50.2 Å². The normalized spacial score (nSPS) is 14.4. The second-order valence-corrected chi connectivity index (χ2v) is 10.7. The van der Waals surface area contributed by atoms with E-state index in [0.29, 0.717) is 31.2 Å². The number of halogens is 2. The third-order valence-electron chi connectivity index (χ3n) is 5.25. The maximum Gasteiger partial charge on any atom is 0.274 e. The Bertz CT molecular complexity index is 1200. The van der Waals surface area contributed by atoms with Gasteiger partial charge >= 0.3 is 0 Å². The zero-order valence-corrected chi connectivity index (χ0v) is 19.4. The van der Waals surface area contributed by atoms with Crippen LogP contribution in [-0.2, 0) is 14.8 Å². The van der Waals surface area contributed by atoms with Crippen LogP contribution in [0.3, 0.4) is 0 Å². The molecule has 1 amide bonds. The van der Waals surface area contributed by atoms with Gasteiger partial charge in [0.25, 0.3) is 10.0 Å².